The number of rotatable bonds is 2. The number of aromatic nitrogens is 1. The molecule has 8 nitrogen and oxygen atoms in total. The van der Waals surface area contributed by atoms with Crippen LogP contribution in [0.1, 0.15) is 44.6 Å². The first-order valence-corrected chi connectivity index (χ1v) is 8.91. The number of nitrogens with zero attached hydrogens (tertiary/aromatic N) is 3. The number of anilines is 1. The lowest BCUT2D eigenvalue weighted by atomic mass is 9.98. The smallest absolute Gasteiger partial charge is 0.410 e. The molecule has 0 saturated carbocycles. The fourth-order valence-corrected chi connectivity index (χ4v) is 3.56. The molecule has 2 atom stereocenters. The lowest BCUT2D eigenvalue weighted by Crippen LogP contribution is -2.64. The van der Waals surface area contributed by atoms with Crippen LogP contribution in [-0.2, 0) is 4.74 Å². The summed E-state index contributed by atoms with van der Waals surface area (Å²) in [4.78, 5) is 32.1. The van der Waals surface area contributed by atoms with Crippen LogP contribution in [-0.4, -0.2) is 59.3 Å². The Morgan fingerprint density at radius 1 is 1.35 bits per heavy atom. The minimum atomic E-state index is -0.584. The van der Waals surface area contributed by atoms with Crippen molar-refractivity contribution in [3.63, 3.8) is 0 Å². The van der Waals surface area contributed by atoms with Crippen molar-refractivity contribution in [1.29, 1.82) is 0 Å². The van der Waals surface area contributed by atoms with E-state index in [9.17, 15) is 9.59 Å². The fraction of sp³-hybridized carbons (Fsp3) is 0.611. The van der Waals surface area contributed by atoms with Gasteiger partial charge < -0.3 is 25.0 Å². The lowest BCUT2D eigenvalue weighted by molar-refractivity contribution is 0.00449. The molecule has 1 fully saturated rings. The second-order valence-corrected chi connectivity index (χ2v) is 7.61. The van der Waals surface area contributed by atoms with E-state index in [4.69, 9.17) is 15.2 Å². The van der Waals surface area contributed by atoms with Crippen LogP contribution in [0.5, 0.6) is 5.88 Å². The Hall–Kier alpha value is -2.51. The fourth-order valence-electron chi connectivity index (χ4n) is 3.56. The van der Waals surface area contributed by atoms with Crippen molar-refractivity contribution < 1.29 is 19.1 Å². The predicted octanol–water partition coefficient (Wildman–Crippen LogP) is 1.78. The van der Waals surface area contributed by atoms with Crippen molar-refractivity contribution in [3.8, 4) is 5.88 Å². The molecule has 1 aromatic rings. The first-order valence-electron chi connectivity index (χ1n) is 8.91. The Balaban J connectivity index is 1.84. The number of primary amides is 1. The minimum absolute atomic E-state index is 0.00926. The summed E-state index contributed by atoms with van der Waals surface area (Å²) < 4.78 is 11.4. The molecule has 26 heavy (non-hydrogen) atoms. The summed E-state index contributed by atoms with van der Waals surface area (Å²) in [6.07, 6.45) is 0.489. The molecule has 0 radical (unpaired) electrons. The van der Waals surface area contributed by atoms with E-state index >= 15 is 0 Å². The van der Waals surface area contributed by atoms with Crippen LogP contribution in [0.3, 0.4) is 0 Å². The Bertz CT molecular complexity index is 716. The standard InChI is InChI=1S/C18H26N4O4/c1-5-12-14-10-25-16-13(7-6-11(20-16)15(19)23)21(14)8-9-22(12)17(24)26-18(2,3)4/h6-7,12,14H,5,8-10H2,1-4H3,(H2,19,23)/t12?,14-/m1/s1. The van der Waals surface area contributed by atoms with Gasteiger partial charge in [0.25, 0.3) is 5.91 Å². The first-order chi connectivity index (χ1) is 12.2. The second-order valence-electron chi connectivity index (χ2n) is 7.61. The number of piperazine rings is 1. The van der Waals surface area contributed by atoms with Crippen molar-refractivity contribution >= 4 is 17.7 Å². The maximum Gasteiger partial charge on any atom is 0.410 e. The summed E-state index contributed by atoms with van der Waals surface area (Å²) in [5.74, 6) is -0.169. The molecular weight excluding hydrogens is 336 g/mol. The van der Waals surface area contributed by atoms with Gasteiger partial charge in [-0.3, -0.25) is 4.79 Å². The monoisotopic (exact) mass is 362 g/mol. The van der Waals surface area contributed by atoms with E-state index in [1.807, 2.05) is 26.8 Å². The van der Waals surface area contributed by atoms with Crippen LogP contribution < -0.4 is 15.4 Å². The van der Waals surface area contributed by atoms with Crippen LogP contribution in [0.25, 0.3) is 0 Å². The van der Waals surface area contributed by atoms with Gasteiger partial charge in [0.15, 0.2) is 0 Å². The van der Waals surface area contributed by atoms with E-state index in [1.165, 1.54) is 0 Å². The summed E-state index contributed by atoms with van der Waals surface area (Å²) >= 11 is 0. The number of nitrogens with two attached hydrogens (primary N) is 1. The number of hydrogen-bond donors (Lipinski definition) is 1. The highest BCUT2D eigenvalue weighted by atomic mass is 16.6. The highest BCUT2D eigenvalue weighted by Gasteiger charge is 2.43. The van der Waals surface area contributed by atoms with Gasteiger partial charge in [0, 0.05) is 13.1 Å². The number of carbonyl (C=O) groups is 2. The summed E-state index contributed by atoms with van der Waals surface area (Å²) in [7, 11) is 0. The number of pyridine rings is 1. The molecule has 1 saturated heterocycles. The summed E-state index contributed by atoms with van der Waals surface area (Å²) in [5, 5.41) is 0. The van der Waals surface area contributed by atoms with Gasteiger partial charge in [-0.2, -0.15) is 0 Å². The van der Waals surface area contributed by atoms with E-state index in [-0.39, 0.29) is 23.9 Å². The molecule has 3 heterocycles. The van der Waals surface area contributed by atoms with Crippen LogP contribution in [0.2, 0.25) is 0 Å². The summed E-state index contributed by atoms with van der Waals surface area (Å²) in [6.45, 7) is 9.24. The maximum atomic E-state index is 12.6. The van der Waals surface area contributed by atoms with Gasteiger partial charge in [0.1, 0.15) is 23.6 Å². The lowest BCUT2D eigenvalue weighted by Gasteiger charge is -2.50. The molecule has 3 rings (SSSR count). The minimum Gasteiger partial charge on any atom is -0.474 e. The summed E-state index contributed by atoms with van der Waals surface area (Å²) in [6, 6.07) is 3.40. The molecule has 2 aliphatic heterocycles. The number of ether oxygens (including phenoxy) is 2. The average molecular weight is 362 g/mol. The molecule has 2 N–H and O–H groups in total. The molecule has 2 amide bonds. The third kappa shape index (κ3) is 3.40. The van der Waals surface area contributed by atoms with Gasteiger partial charge in [-0.15, -0.1) is 0 Å². The predicted molar refractivity (Wildman–Crippen MR) is 96.4 cm³/mol. The molecular formula is C18H26N4O4. The van der Waals surface area contributed by atoms with Crippen molar-refractivity contribution in [2.75, 3.05) is 24.6 Å². The highest BCUT2D eigenvalue weighted by molar-refractivity contribution is 5.91. The van der Waals surface area contributed by atoms with E-state index < -0.39 is 11.5 Å². The topological polar surface area (TPSA) is 98.0 Å². The van der Waals surface area contributed by atoms with Crippen LogP contribution >= 0.6 is 0 Å². The third-order valence-electron chi connectivity index (χ3n) is 4.67. The van der Waals surface area contributed by atoms with Crippen LogP contribution in [0.4, 0.5) is 10.5 Å². The van der Waals surface area contributed by atoms with E-state index in [2.05, 4.69) is 16.8 Å². The highest BCUT2D eigenvalue weighted by Crippen LogP contribution is 2.36. The van der Waals surface area contributed by atoms with Gasteiger partial charge in [0.2, 0.25) is 5.88 Å². The zero-order valence-corrected chi connectivity index (χ0v) is 15.7. The van der Waals surface area contributed by atoms with E-state index in [0.29, 0.717) is 25.6 Å². The SMILES string of the molecule is CCC1[C@H]2COc3nc(C(N)=O)ccc3N2CCN1C(=O)OC(C)(C)C. The molecule has 0 bridgehead atoms. The van der Waals surface area contributed by atoms with E-state index in [1.54, 1.807) is 11.0 Å². The van der Waals surface area contributed by atoms with Gasteiger partial charge in [-0.1, -0.05) is 6.92 Å². The van der Waals surface area contributed by atoms with Crippen molar-refractivity contribution in [2.24, 2.45) is 5.73 Å². The van der Waals surface area contributed by atoms with Gasteiger partial charge in [-0.25, -0.2) is 9.78 Å². The Morgan fingerprint density at radius 2 is 2.08 bits per heavy atom. The molecule has 0 spiro atoms. The molecule has 0 aromatic carbocycles. The Kier molecular flexibility index (Phi) is 4.68. The van der Waals surface area contributed by atoms with Gasteiger partial charge in [0.05, 0.1) is 12.1 Å². The Labute approximate surface area is 153 Å². The van der Waals surface area contributed by atoms with Gasteiger partial charge in [-0.05, 0) is 39.3 Å². The number of carbonyl (C=O) groups excluding carboxylic acids is 2. The van der Waals surface area contributed by atoms with Crippen LogP contribution in [0.15, 0.2) is 12.1 Å². The molecule has 1 unspecified atom stereocenters. The quantitative estimate of drug-likeness (QED) is 0.861. The van der Waals surface area contributed by atoms with Crippen molar-refractivity contribution in [1.82, 2.24) is 9.88 Å². The zero-order chi connectivity index (χ0) is 19.1. The maximum absolute atomic E-state index is 12.6. The second kappa shape index (κ2) is 6.66. The van der Waals surface area contributed by atoms with Crippen molar-refractivity contribution in [3.05, 3.63) is 17.8 Å². The van der Waals surface area contributed by atoms with Crippen molar-refractivity contribution in [2.45, 2.75) is 51.8 Å². The molecule has 1 aromatic heterocycles. The zero-order valence-electron chi connectivity index (χ0n) is 15.7. The normalized spacial score (nSPS) is 22.2. The molecule has 142 valence electrons. The Morgan fingerprint density at radius 3 is 2.69 bits per heavy atom. The molecule has 8 heteroatoms. The summed E-state index contributed by atoms with van der Waals surface area (Å²) in [5.41, 5.74) is 5.77. The largest absolute Gasteiger partial charge is 0.474 e. The van der Waals surface area contributed by atoms with Gasteiger partial charge >= 0.3 is 6.09 Å². The average Bonchev–Trinajstić information content (AvgIpc) is 2.58. The van der Waals surface area contributed by atoms with E-state index in [0.717, 1.165) is 12.1 Å². The molecule has 0 aliphatic carbocycles. The third-order valence-corrected chi connectivity index (χ3v) is 4.67. The number of fused-ring (bicyclic) bond motifs is 3. The number of amides is 2. The first kappa shape index (κ1) is 18.3. The van der Waals surface area contributed by atoms with Crippen LogP contribution in [0, 0.1) is 0 Å². The molecule has 2 aliphatic rings. The number of hydrogen-bond acceptors (Lipinski definition) is 6.